The van der Waals surface area contributed by atoms with Crippen LogP contribution >= 0.6 is 0 Å². The molecule has 0 bridgehead atoms. The van der Waals surface area contributed by atoms with Gasteiger partial charge in [-0.25, -0.2) is 14.4 Å². The monoisotopic (exact) mass is 398 g/mol. The second kappa shape index (κ2) is 8.45. The number of anilines is 1. The molecule has 0 radical (unpaired) electrons. The molecular weight excluding hydrogens is 371 g/mol. The molecule has 0 saturated carbocycles. The van der Waals surface area contributed by atoms with Crippen molar-refractivity contribution in [2.24, 2.45) is 11.8 Å². The van der Waals surface area contributed by atoms with Gasteiger partial charge in [-0.3, -0.25) is 4.79 Å². The molecule has 2 fully saturated rings. The van der Waals surface area contributed by atoms with Gasteiger partial charge in [-0.15, -0.1) is 0 Å². The molecule has 7 heteroatoms. The van der Waals surface area contributed by atoms with Gasteiger partial charge < -0.3 is 14.5 Å². The summed E-state index contributed by atoms with van der Waals surface area (Å²) in [5, 5.41) is 0. The third-order valence-corrected chi connectivity index (χ3v) is 5.96. The summed E-state index contributed by atoms with van der Waals surface area (Å²) in [6.45, 7) is 4.35. The zero-order valence-electron chi connectivity index (χ0n) is 16.9. The molecule has 3 heterocycles. The summed E-state index contributed by atoms with van der Waals surface area (Å²) in [6.07, 6.45) is 5.85. The van der Waals surface area contributed by atoms with Gasteiger partial charge in [0.15, 0.2) is 0 Å². The van der Waals surface area contributed by atoms with E-state index in [2.05, 4.69) is 21.8 Å². The minimum Gasteiger partial charge on any atom is -0.375 e. The number of hydrogen-bond acceptors (Lipinski definition) is 5. The first kappa shape index (κ1) is 19.8. The molecule has 1 amide bonds. The normalized spacial score (nSPS) is 23.5. The quantitative estimate of drug-likeness (QED) is 0.749. The number of rotatable bonds is 6. The Labute approximate surface area is 170 Å². The van der Waals surface area contributed by atoms with E-state index in [1.165, 1.54) is 13.2 Å². The van der Waals surface area contributed by atoms with Crippen LogP contribution in [0.15, 0.2) is 36.7 Å². The Morgan fingerprint density at radius 3 is 2.72 bits per heavy atom. The van der Waals surface area contributed by atoms with E-state index in [1.807, 2.05) is 23.4 Å². The molecule has 0 aliphatic carbocycles. The first-order chi connectivity index (χ1) is 14.1. The topological polar surface area (TPSA) is 58.6 Å². The van der Waals surface area contributed by atoms with Gasteiger partial charge in [0.2, 0.25) is 11.9 Å². The number of likely N-dealkylation sites (tertiary alicyclic amines) is 1. The predicted octanol–water partition coefficient (Wildman–Crippen LogP) is 2.85. The number of amides is 1. The first-order valence-corrected chi connectivity index (χ1v) is 10.2. The number of nitrogens with zero attached hydrogens (tertiary/aromatic N) is 4. The Balaban J connectivity index is 1.57. The number of carbonyl (C=O) groups excluding carboxylic acids is 1. The van der Waals surface area contributed by atoms with Crippen molar-refractivity contribution in [3.8, 4) is 0 Å². The molecule has 0 unspecified atom stereocenters. The fourth-order valence-corrected chi connectivity index (χ4v) is 4.72. The van der Waals surface area contributed by atoms with Gasteiger partial charge in [0.25, 0.3) is 0 Å². The molecule has 2 aromatic rings. The molecule has 0 spiro atoms. The van der Waals surface area contributed by atoms with Crippen LogP contribution in [0.1, 0.15) is 30.5 Å². The molecule has 1 aromatic carbocycles. The van der Waals surface area contributed by atoms with E-state index in [1.54, 1.807) is 12.1 Å². The maximum Gasteiger partial charge on any atom is 0.249 e. The standard InChI is InChI=1S/C22H27FN4O2/c1-3-5-15-9-24-22(25-10-15)26-11-17-12-27(20(28)14-29-2)21(19(17)13-26)16-6-4-7-18(23)8-16/h4,6-10,17,19,21H,3,5,11-14H2,1-2H3/t17-,19-,21+/m1/s1. The number of aryl methyl sites for hydroxylation is 1. The smallest absolute Gasteiger partial charge is 0.249 e. The summed E-state index contributed by atoms with van der Waals surface area (Å²) in [7, 11) is 1.52. The number of hydrogen-bond donors (Lipinski definition) is 0. The number of carbonyl (C=O) groups is 1. The summed E-state index contributed by atoms with van der Waals surface area (Å²) >= 11 is 0. The summed E-state index contributed by atoms with van der Waals surface area (Å²) < 4.78 is 19.0. The lowest BCUT2D eigenvalue weighted by Crippen LogP contribution is -2.37. The SMILES string of the molecule is CCCc1cnc(N2C[C@@H]3CN(C(=O)COC)[C@@H](c4cccc(F)c4)[C@@H]3C2)nc1. The van der Waals surface area contributed by atoms with Crippen LogP contribution in [0, 0.1) is 17.7 Å². The van der Waals surface area contributed by atoms with Crippen molar-refractivity contribution in [3.05, 3.63) is 53.6 Å². The molecule has 2 aliphatic rings. The van der Waals surface area contributed by atoms with Crippen molar-refractivity contribution in [2.75, 3.05) is 38.3 Å². The van der Waals surface area contributed by atoms with Crippen LogP contribution < -0.4 is 4.90 Å². The lowest BCUT2D eigenvalue weighted by atomic mass is 9.89. The molecule has 3 atom stereocenters. The Bertz CT molecular complexity index is 860. The Morgan fingerprint density at radius 2 is 2.03 bits per heavy atom. The van der Waals surface area contributed by atoms with Crippen LogP contribution in [0.4, 0.5) is 10.3 Å². The zero-order chi connectivity index (χ0) is 20.4. The Morgan fingerprint density at radius 1 is 1.24 bits per heavy atom. The summed E-state index contributed by atoms with van der Waals surface area (Å²) in [4.78, 5) is 25.8. The Hall–Kier alpha value is -2.54. The summed E-state index contributed by atoms with van der Waals surface area (Å²) in [6, 6.07) is 6.42. The van der Waals surface area contributed by atoms with Gasteiger partial charge in [0, 0.05) is 51.0 Å². The highest BCUT2D eigenvalue weighted by molar-refractivity contribution is 5.78. The van der Waals surface area contributed by atoms with E-state index in [9.17, 15) is 9.18 Å². The first-order valence-electron chi connectivity index (χ1n) is 10.2. The van der Waals surface area contributed by atoms with Crippen LogP contribution in [0.3, 0.4) is 0 Å². The van der Waals surface area contributed by atoms with Crippen LogP contribution in [-0.2, 0) is 16.0 Å². The van der Waals surface area contributed by atoms with E-state index in [0.29, 0.717) is 12.5 Å². The summed E-state index contributed by atoms with van der Waals surface area (Å²) in [5.41, 5.74) is 1.98. The van der Waals surface area contributed by atoms with Crippen molar-refractivity contribution in [3.63, 3.8) is 0 Å². The zero-order valence-corrected chi connectivity index (χ0v) is 16.9. The number of halogens is 1. The van der Waals surface area contributed by atoms with Crippen LogP contribution in [0.5, 0.6) is 0 Å². The van der Waals surface area contributed by atoms with Gasteiger partial charge >= 0.3 is 0 Å². The van der Waals surface area contributed by atoms with Crippen LogP contribution in [0.2, 0.25) is 0 Å². The molecule has 0 N–H and O–H groups in total. The number of benzene rings is 1. The molecular formula is C22H27FN4O2. The van der Waals surface area contributed by atoms with E-state index in [-0.39, 0.29) is 30.3 Å². The van der Waals surface area contributed by atoms with Crippen molar-refractivity contribution in [1.29, 1.82) is 0 Å². The second-order valence-electron chi connectivity index (χ2n) is 7.95. The lowest BCUT2D eigenvalue weighted by molar-refractivity contribution is -0.136. The second-order valence-corrected chi connectivity index (χ2v) is 7.95. The van der Waals surface area contributed by atoms with E-state index in [4.69, 9.17) is 4.74 Å². The minimum absolute atomic E-state index is 0.0387. The maximum absolute atomic E-state index is 13.9. The lowest BCUT2D eigenvalue weighted by Gasteiger charge is -2.30. The van der Waals surface area contributed by atoms with Gasteiger partial charge in [-0.05, 0) is 29.7 Å². The van der Waals surface area contributed by atoms with Crippen LogP contribution in [-0.4, -0.2) is 54.1 Å². The van der Waals surface area contributed by atoms with E-state index >= 15 is 0 Å². The molecule has 1 aromatic heterocycles. The molecule has 29 heavy (non-hydrogen) atoms. The van der Waals surface area contributed by atoms with Crippen LogP contribution in [0.25, 0.3) is 0 Å². The third-order valence-electron chi connectivity index (χ3n) is 5.96. The molecule has 2 aliphatic heterocycles. The highest BCUT2D eigenvalue weighted by atomic mass is 19.1. The largest absolute Gasteiger partial charge is 0.375 e. The highest BCUT2D eigenvalue weighted by Crippen LogP contribution is 2.45. The average Bonchev–Trinajstić information content (AvgIpc) is 3.27. The van der Waals surface area contributed by atoms with Crippen molar-refractivity contribution in [1.82, 2.24) is 14.9 Å². The molecule has 4 rings (SSSR count). The maximum atomic E-state index is 13.9. The van der Waals surface area contributed by atoms with Crippen molar-refractivity contribution in [2.45, 2.75) is 25.8 Å². The van der Waals surface area contributed by atoms with Crippen molar-refractivity contribution < 1.29 is 13.9 Å². The summed E-state index contributed by atoms with van der Waals surface area (Å²) in [5.74, 6) is 0.893. The van der Waals surface area contributed by atoms with E-state index < -0.39 is 0 Å². The minimum atomic E-state index is -0.283. The number of aromatic nitrogens is 2. The van der Waals surface area contributed by atoms with Gasteiger partial charge in [0.1, 0.15) is 12.4 Å². The highest BCUT2D eigenvalue weighted by Gasteiger charge is 2.49. The molecule has 2 saturated heterocycles. The predicted molar refractivity (Wildman–Crippen MR) is 108 cm³/mol. The third kappa shape index (κ3) is 3.96. The van der Waals surface area contributed by atoms with Gasteiger partial charge in [-0.1, -0.05) is 25.5 Å². The fourth-order valence-electron chi connectivity index (χ4n) is 4.72. The number of ether oxygens (including phenoxy) is 1. The van der Waals surface area contributed by atoms with Gasteiger partial charge in [0.05, 0.1) is 6.04 Å². The van der Waals surface area contributed by atoms with E-state index in [0.717, 1.165) is 43.0 Å². The van der Waals surface area contributed by atoms with Crippen molar-refractivity contribution >= 4 is 11.9 Å². The molecule has 6 nitrogen and oxygen atoms in total. The number of fused-ring (bicyclic) bond motifs is 1. The Kier molecular flexibility index (Phi) is 5.76. The fraction of sp³-hybridized carbons (Fsp3) is 0.500. The van der Waals surface area contributed by atoms with Gasteiger partial charge in [-0.2, -0.15) is 0 Å². The average molecular weight is 398 g/mol. The number of methoxy groups -OCH3 is 1. The molecule has 154 valence electrons.